The van der Waals surface area contributed by atoms with Crippen molar-refractivity contribution in [3.05, 3.63) is 131 Å². The quantitative estimate of drug-likeness (QED) is 0.0562. The van der Waals surface area contributed by atoms with E-state index in [4.69, 9.17) is 9.47 Å². The summed E-state index contributed by atoms with van der Waals surface area (Å²) >= 11 is 0. The first kappa shape index (κ1) is 51.4. The van der Waals surface area contributed by atoms with E-state index >= 15 is 0 Å². The summed E-state index contributed by atoms with van der Waals surface area (Å²) in [5, 5.41) is 27.1. The lowest BCUT2D eigenvalue weighted by Crippen LogP contribution is -2.13. The molecule has 4 heteroatoms. The van der Waals surface area contributed by atoms with Crippen molar-refractivity contribution in [2.45, 2.75) is 206 Å². The minimum absolute atomic E-state index is 0.0997. The first-order valence-electron chi connectivity index (χ1n) is 28.4. The van der Waals surface area contributed by atoms with Crippen LogP contribution < -0.4 is 9.47 Å². The van der Waals surface area contributed by atoms with Crippen molar-refractivity contribution in [3.8, 4) is 34.1 Å². The molecule has 0 bridgehead atoms. The number of aromatic hydroxyl groups is 2. The molecular weight excluding hydrogens is 857 g/mol. The Hall–Kier alpha value is -4.96. The average molecular weight is 943 g/mol. The van der Waals surface area contributed by atoms with E-state index in [9.17, 15) is 10.2 Å². The van der Waals surface area contributed by atoms with Gasteiger partial charge >= 0.3 is 0 Å². The monoisotopic (exact) mass is 943 g/mol. The van der Waals surface area contributed by atoms with Crippen LogP contribution in [0.5, 0.6) is 23.0 Å². The van der Waals surface area contributed by atoms with Gasteiger partial charge in [0, 0.05) is 11.1 Å². The van der Waals surface area contributed by atoms with Crippen LogP contribution >= 0.6 is 0 Å². The fraction of sp³-hybridized carbons (Fsp3) is 0.515. The highest BCUT2D eigenvalue weighted by molar-refractivity contribution is 6.09. The van der Waals surface area contributed by atoms with E-state index in [0.717, 1.165) is 107 Å². The summed E-state index contributed by atoms with van der Waals surface area (Å²) in [5.41, 5.74) is 6.45. The molecule has 2 fully saturated rings. The summed E-state index contributed by atoms with van der Waals surface area (Å²) in [4.78, 5) is 0. The zero-order valence-corrected chi connectivity index (χ0v) is 43.5. The highest BCUT2D eigenvalue weighted by Crippen LogP contribution is 2.47. The molecule has 2 N–H and O–H groups in total. The maximum Gasteiger partial charge on any atom is 0.124 e. The molecule has 70 heavy (non-hydrogen) atoms. The maximum atomic E-state index is 11.7. The van der Waals surface area contributed by atoms with Crippen molar-refractivity contribution in [2.24, 2.45) is 11.8 Å². The molecule has 0 aromatic heterocycles. The molecule has 0 aliphatic heterocycles. The number of phenolic OH excluding ortho intramolecular Hbond substituents is 2. The number of phenols is 2. The molecule has 6 aromatic rings. The normalized spacial score (nSPS) is 19.3. The molecule has 2 atom stereocenters. The van der Waals surface area contributed by atoms with Gasteiger partial charge in [0.1, 0.15) is 35.2 Å². The Morgan fingerprint density at radius 2 is 0.786 bits per heavy atom. The third-order valence-electron chi connectivity index (χ3n) is 16.6. The van der Waals surface area contributed by atoms with Gasteiger partial charge in [0.25, 0.3) is 0 Å². The van der Waals surface area contributed by atoms with Crippen molar-refractivity contribution in [3.63, 3.8) is 0 Å². The minimum Gasteiger partial charge on any atom is -0.507 e. The van der Waals surface area contributed by atoms with Gasteiger partial charge in [-0.3, -0.25) is 0 Å². The fourth-order valence-corrected chi connectivity index (χ4v) is 12.2. The van der Waals surface area contributed by atoms with Gasteiger partial charge < -0.3 is 19.7 Å². The molecule has 0 spiro atoms. The lowest BCUT2D eigenvalue weighted by molar-refractivity contribution is 0.190. The predicted octanol–water partition coefficient (Wildman–Crippen LogP) is 20.2. The molecule has 2 aliphatic carbocycles. The van der Waals surface area contributed by atoms with Gasteiger partial charge in [-0.2, -0.15) is 0 Å². The average Bonchev–Trinajstić information content (AvgIpc) is 3.39. The van der Waals surface area contributed by atoms with Crippen LogP contribution in [0.1, 0.15) is 228 Å². The van der Waals surface area contributed by atoms with E-state index in [1.165, 1.54) is 114 Å². The van der Waals surface area contributed by atoms with Crippen LogP contribution in [-0.4, -0.2) is 10.2 Å². The van der Waals surface area contributed by atoms with Crippen molar-refractivity contribution < 1.29 is 19.7 Å². The molecule has 8 rings (SSSR count). The smallest absolute Gasteiger partial charge is 0.124 e. The Balaban J connectivity index is 1.000. The molecule has 0 amide bonds. The van der Waals surface area contributed by atoms with E-state index in [1.807, 2.05) is 12.1 Å². The van der Waals surface area contributed by atoms with Crippen molar-refractivity contribution in [2.75, 3.05) is 0 Å². The standard InChI is InChI=1S/C66H86O4/c1-5-9-13-17-47-21-25-49(26-22-47)51-29-37-57(38-30-51)69-63(19-15-11-7-3)55-33-41-59-53(45-55)35-43-61(67)65(59)66-60-42-34-56(46-54(60)36-44-62(66)68)64(20-16-12-8-4)70-58-39-31-52(32-40-58)50-27-23-48(24-28-50)18-14-10-6-2/h29-50,63-64,67-68H,5-28H2,1-4H3/t47?,48?,49?,50?,63-,64-/m0/s1. The fourth-order valence-electron chi connectivity index (χ4n) is 12.2. The number of hydrogen-bond acceptors (Lipinski definition) is 4. The zero-order valence-electron chi connectivity index (χ0n) is 43.5. The molecule has 374 valence electrons. The van der Waals surface area contributed by atoms with Crippen LogP contribution in [0.2, 0.25) is 0 Å². The molecule has 0 unspecified atom stereocenters. The van der Waals surface area contributed by atoms with Gasteiger partial charge in [-0.25, -0.2) is 0 Å². The topological polar surface area (TPSA) is 58.9 Å². The number of fused-ring (bicyclic) bond motifs is 2. The Morgan fingerprint density at radius 3 is 1.16 bits per heavy atom. The Labute approximate surface area is 422 Å². The Bertz CT molecular complexity index is 2330. The van der Waals surface area contributed by atoms with Gasteiger partial charge in [-0.05, 0) is 193 Å². The van der Waals surface area contributed by atoms with Gasteiger partial charge in [0.2, 0.25) is 0 Å². The van der Waals surface area contributed by atoms with Gasteiger partial charge in [0.15, 0.2) is 0 Å². The number of unbranched alkanes of at least 4 members (excludes halogenated alkanes) is 8. The zero-order chi connectivity index (χ0) is 48.7. The lowest BCUT2D eigenvalue weighted by atomic mass is 9.77. The van der Waals surface area contributed by atoms with Crippen molar-refractivity contribution in [1.82, 2.24) is 0 Å². The second kappa shape index (κ2) is 25.9. The SMILES string of the molecule is CCCCCC1CCC(c2ccc(O[C@@H](CCCCC)c3ccc4c(-c5c(O)ccc6cc([C@H](CCCCC)Oc7ccc(C8CCC(CCCCC)CC8)cc7)ccc56)c(O)ccc4c3)cc2)CC1. The van der Waals surface area contributed by atoms with E-state index in [2.05, 4.69) is 113 Å². The number of benzene rings is 6. The van der Waals surface area contributed by atoms with Gasteiger partial charge in [-0.15, -0.1) is 0 Å². The van der Waals surface area contributed by atoms with E-state index in [1.54, 1.807) is 12.1 Å². The van der Waals surface area contributed by atoms with Crippen molar-refractivity contribution in [1.29, 1.82) is 0 Å². The molecular formula is C66H86O4. The summed E-state index contributed by atoms with van der Waals surface area (Å²) in [7, 11) is 0. The number of ether oxygens (including phenoxy) is 2. The molecule has 2 saturated carbocycles. The van der Waals surface area contributed by atoms with E-state index in [-0.39, 0.29) is 23.7 Å². The first-order valence-corrected chi connectivity index (χ1v) is 28.4. The Morgan fingerprint density at radius 1 is 0.414 bits per heavy atom. The summed E-state index contributed by atoms with van der Waals surface area (Å²) in [6, 6.07) is 38.6. The van der Waals surface area contributed by atoms with Crippen LogP contribution in [0.3, 0.4) is 0 Å². The van der Waals surface area contributed by atoms with Crippen molar-refractivity contribution >= 4 is 21.5 Å². The maximum absolute atomic E-state index is 11.7. The summed E-state index contributed by atoms with van der Waals surface area (Å²) in [6.45, 7) is 9.10. The predicted molar refractivity (Wildman–Crippen MR) is 296 cm³/mol. The lowest BCUT2D eigenvalue weighted by Gasteiger charge is -2.29. The van der Waals surface area contributed by atoms with E-state index in [0.29, 0.717) is 23.0 Å². The molecule has 4 nitrogen and oxygen atoms in total. The van der Waals surface area contributed by atoms with Crippen LogP contribution in [0, 0.1) is 11.8 Å². The van der Waals surface area contributed by atoms with Crippen LogP contribution in [0.15, 0.2) is 109 Å². The molecule has 2 aliphatic rings. The van der Waals surface area contributed by atoms with Gasteiger partial charge in [-0.1, -0.05) is 165 Å². The van der Waals surface area contributed by atoms with Gasteiger partial charge in [0.05, 0.1) is 0 Å². The number of hydrogen-bond donors (Lipinski definition) is 2. The summed E-state index contributed by atoms with van der Waals surface area (Å²) in [6.07, 6.45) is 30.0. The first-order chi connectivity index (χ1) is 34.3. The van der Waals surface area contributed by atoms with Crippen LogP contribution in [-0.2, 0) is 0 Å². The molecule has 0 heterocycles. The molecule has 6 aromatic carbocycles. The third-order valence-corrected chi connectivity index (χ3v) is 16.6. The van der Waals surface area contributed by atoms with E-state index < -0.39 is 0 Å². The summed E-state index contributed by atoms with van der Waals surface area (Å²) < 4.78 is 13.7. The highest BCUT2D eigenvalue weighted by Gasteiger charge is 2.25. The molecule has 0 saturated heterocycles. The van der Waals surface area contributed by atoms with Crippen LogP contribution in [0.4, 0.5) is 0 Å². The second-order valence-electron chi connectivity index (χ2n) is 21.7. The third kappa shape index (κ3) is 13.3. The Kier molecular flexibility index (Phi) is 19.1. The largest absolute Gasteiger partial charge is 0.507 e. The van der Waals surface area contributed by atoms with Crippen LogP contribution in [0.25, 0.3) is 32.7 Å². The number of rotatable bonds is 25. The second-order valence-corrected chi connectivity index (χ2v) is 21.7. The molecule has 0 radical (unpaired) electrons. The minimum atomic E-state index is -0.0997. The summed E-state index contributed by atoms with van der Waals surface area (Å²) in [5.74, 6) is 5.27. The highest BCUT2D eigenvalue weighted by atomic mass is 16.5.